The Balaban J connectivity index is 1.84. The standard InChI is InChI=1S/C19H27NO13/c21-4-10-12(25)13(26)14(27)18(31-10)32-15-11(5-22)33-19(6-23,16(15)28)20-7-1-2-9(24)8(3-7)17(29)30/h1-3,10-16,18,20-28H,4-6H2,(H,29,30)/t10-,11-,12+,13+,14-,15-,16+,18+,19?/m1/s1. The zero-order valence-corrected chi connectivity index (χ0v) is 17.1. The predicted molar refractivity (Wildman–Crippen MR) is 105 cm³/mol. The Morgan fingerprint density at radius 1 is 1.03 bits per heavy atom. The van der Waals surface area contributed by atoms with Crippen LogP contribution in [0.2, 0.25) is 0 Å². The van der Waals surface area contributed by atoms with Crippen LogP contribution in [0.3, 0.4) is 0 Å². The zero-order chi connectivity index (χ0) is 24.5. The molecule has 1 aromatic rings. The van der Waals surface area contributed by atoms with Crippen molar-refractivity contribution >= 4 is 11.7 Å². The third-order valence-electron chi connectivity index (χ3n) is 5.65. The van der Waals surface area contributed by atoms with Crippen molar-refractivity contribution in [3.63, 3.8) is 0 Å². The second-order valence-corrected chi connectivity index (χ2v) is 7.79. The fourth-order valence-electron chi connectivity index (χ4n) is 3.82. The molecule has 33 heavy (non-hydrogen) atoms. The van der Waals surface area contributed by atoms with E-state index in [1.807, 2.05) is 0 Å². The van der Waals surface area contributed by atoms with Crippen LogP contribution in [0.15, 0.2) is 18.2 Å². The minimum Gasteiger partial charge on any atom is -0.507 e. The highest BCUT2D eigenvalue weighted by Crippen LogP contribution is 2.37. The van der Waals surface area contributed by atoms with Crippen LogP contribution in [0.1, 0.15) is 10.4 Å². The topological polar surface area (TPSA) is 239 Å². The van der Waals surface area contributed by atoms with Crippen molar-refractivity contribution in [3.8, 4) is 5.75 Å². The maximum absolute atomic E-state index is 11.3. The van der Waals surface area contributed by atoms with Crippen LogP contribution in [0.5, 0.6) is 5.75 Å². The Labute approximate surface area is 186 Å². The molecule has 10 N–H and O–H groups in total. The number of nitrogens with one attached hydrogen (secondary N) is 1. The van der Waals surface area contributed by atoms with Crippen molar-refractivity contribution in [2.75, 3.05) is 25.1 Å². The Hall–Kier alpha value is -2.11. The number of aliphatic hydroxyl groups is 7. The largest absolute Gasteiger partial charge is 0.507 e. The Kier molecular flexibility index (Phi) is 7.75. The van der Waals surface area contributed by atoms with E-state index in [-0.39, 0.29) is 5.69 Å². The average molecular weight is 477 g/mol. The minimum atomic E-state index is -2.01. The number of ether oxygens (including phenoxy) is 3. The molecule has 1 unspecified atom stereocenters. The van der Waals surface area contributed by atoms with Gasteiger partial charge < -0.3 is 65.5 Å². The highest BCUT2D eigenvalue weighted by Gasteiger charge is 2.57. The van der Waals surface area contributed by atoms with E-state index < -0.39 is 91.8 Å². The molecule has 186 valence electrons. The predicted octanol–water partition coefficient (Wildman–Crippen LogP) is -3.87. The number of hydrogen-bond acceptors (Lipinski definition) is 13. The molecule has 0 saturated carbocycles. The molecule has 1 aromatic carbocycles. The lowest BCUT2D eigenvalue weighted by molar-refractivity contribution is -0.318. The summed E-state index contributed by atoms with van der Waals surface area (Å²) in [7, 11) is 0. The molecule has 2 aliphatic heterocycles. The number of benzene rings is 1. The van der Waals surface area contributed by atoms with Crippen molar-refractivity contribution in [1.82, 2.24) is 0 Å². The molecular formula is C19H27NO13. The van der Waals surface area contributed by atoms with Gasteiger partial charge in [0.1, 0.15) is 54.0 Å². The maximum Gasteiger partial charge on any atom is 0.339 e. The van der Waals surface area contributed by atoms with Gasteiger partial charge in [-0.25, -0.2) is 4.79 Å². The number of carboxylic acid groups (broad SMARTS) is 1. The van der Waals surface area contributed by atoms with E-state index in [0.717, 1.165) is 12.1 Å². The molecule has 14 heteroatoms. The van der Waals surface area contributed by atoms with E-state index in [4.69, 9.17) is 14.2 Å². The van der Waals surface area contributed by atoms with Gasteiger partial charge in [-0.15, -0.1) is 0 Å². The molecule has 3 rings (SSSR count). The second kappa shape index (κ2) is 10.0. The number of phenols is 1. The van der Waals surface area contributed by atoms with E-state index in [9.17, 15) is 50.8 Å². The van der Waals surface area contributed by atoms with Crippen molar-refractivity contribution in [3.05, 3.63) is 23.8 Å². The van der Waals surface area contributed by atoms with Crippen LogP contribution in [-0.2, 0) is 14.2 Å². The fourth-order valence-corrected chi connectivity index (χ4v) is 3.82. The first-order valence-electron chi connectivity index (χ1n) is 9.96. The molecule has 0 bridgehead atoms. The molecule has 0 radical (unpaired) electrons. The first-order chi connectivity index (χ1) is 15.6. The van der Waals surface area contributed by atoms with Gasteiger partial charge in [-0.2, -0.15) is 0 Å². The summed E-state index contributed by atoms with van der Waals surface area (Å²) in [6.45, 7) is -2.33. The number of hydrogen-bond donors (Lipinski definition) is 10. The zero-order valence-electron chi connectivity index (χ0n) is 17.1. The smallest absolute Gasteiger partial charge is 0.339 e. The highest BCUT2D eigenvalue weighted by molar-refractivity contribution is 5.92. The van der Waals surface area contributed by atoms with Crippen molar-refractivity contribution < 1.29 is 65.0 Å². The van der Waals surface area contributed by atoms with E-state index in [1.165, 1.54) is 6.07 Å². The lowest BCUT2D eigenvalue weighted by atomic mass is 9.98. The van der Waals surface area contributed by atoms with E-state index in [1.54, 1.807) is 0 Å². The average Bonchev–Trinajstić information content (AvgIpc) is 3.06. The van der Waals surface area contributed by atoms with Crippen molar-refractivity contribution in [2.24, 2.45) is 0 Å². The number of rotatable bonds is 8. The summed E-state index contributed by atoms with van der Waals surface area (Å²) in [5, 5.41) is 91.4. The van der Waals surface area contributed by atoms with Gasteiger partial charge in [0, 0.05) is 5.69 Å². The molecule has 2 aliphatic rings. The Bertz CT molecular complexity index is 838. The van der Waals surface area contributed by atoms with E-state index in [2.05, 4.69) is 5.32 Å². The van der Waals surface area contributed by atoms with Crippen molar-refractivity contribution in [1.29, 1.82) is 0 Å². The van der Waals surface area contributed by atoms with Crippen LogP contribution in [0.4, 0.5) is 5.69 Å². The third-order valence-corrected chi connectivity index (χ3v) is 5.65. The van der Waals surface area contributed by atoms with Gasteiger partial charge in [0.05, 0.1) is 19.8 Å². The Morgan fingerprint density at radius 2 is 1.70 bits per heavy atom. The van der Waals surface area contributed by atoms with Crippen LogP contribution < -0.4 is 5.32 Å². The lowest BCUT2D eigenvalue weighted by Gasteiger charge is -2.41. The molecule has 2 saturated heterocycles. The number of anilines is 1. The third kappa shape index (κ3) is 4.76. The van der Waals surface area contributed by atoms with Gasteiger partial charge in [0.15, 0.2) is 12.0 Å². The summed E-state index contributed by atoms with van der Waals surface area (Å²) in [6, 6.07) is 3.36. The molecule has 0 spiro atoms. The molecule has 9 atom stereocenters. The first kappa shape index (κ1) is 25.5. The Morgan fingerprint density at radius 3 is 2.27 bits per heavy atom. The minimum absolute atomic E-state index is 0.0310. The van der Waals surface area contributed by atoms with E-state index >= 15 is 0 Å². The summed E-state index contributed by atoms with van der Waals surface area (Å²) in [5.74, 6) is -1.95. The molecule has 2 fully saturated rings. The van der Waals surface area contributed by atoms with Gasteiger partial charge in [-0.05, 0) is 18.2 Å². The molecule has 0 amide bonds. The van der Waals surface area contributed by atoms with Gasteiger partial charge in [0.25, 0.3) is 0 Å². The van der Waals surface area contributed by atoms with Gasteiger partial charge in [-0.3, -0.25) is 0 Å². The SMILES string of the molecule is O=C(O)c1cc(NC2(CO)O[C@H](CO)[C@@H](O[C@@H]3O[C@H](CO)[C@H](O)[C@H](O)[C@H]3O)[C@@H]2O)ccc1O. The second-order valence-electron chi connectivity index (χ2n) is 7.79. The summed E-state index contributed by atoms with van der Waals surface area (Å²) < 4.78 is 16.4. The molecule has 0 aliphatic carbocycles. The van der Waals surface area contributed by atoms with Crippen LogP contribution in [0, 0.1) is 0 Å². The molecule has 2 heterocycles. The number of aliphatic hydroxyl groups excluding tert-OH is 7. The van der Waals surface area contributed by atoms with Gasteiger partial charge in [0.2, 0.25) is 0 Å². The lowest BCUT2D eigenvalue weighted by Crippen LogP contribution is -2.61. The van der Waals surface area contributed by atoms with Crippen LogP contribution in [0.25, 0.3) is 0 Å². The molecule has 14 nitrogen and oxygen atoms in total. The number of carbonyl (C=O) groups is 1. The summed E-state index contributed by atoms with van der Waals surface area (Å²) in [4.78, 5) is 11.3. The maximum atomic E-state index is 11.3. The van der Waals surface area contributed by atoms with E-state index in [0.29, 0.717) is 0 Å². The normalized spacial score (nSPS) is 38.9. The summed E-state index contributed by atoms with van der Waals surface area (Å²) in [5.41, 5.74) is -2.45. The number of carboxylic acids is 1. The summed E-state index contributed by atoms with van der Waals surface area (Å²) in [6.07, 6.45) is -12.6. The number of aromatic hydroxyl groups is 1. The summed E-state index contributed by atoms with van der Waals surface area (Å²) >= 11 is 0. The van der Waals surface area contributed by atoms with Crippen LogP contribution >= 0.6 is 0 Å². The quantitative estimate of drug-likeness (QED) is 0.161. The number of aromatic carboxylic acids is 1. The van der Waals surface area contributed by atoms with Gasteiger partial charge in [-0.1, -0.05) is 0 Å². The first-order valence-corrected chi connectivity index (χ1v) is 9.96. The molecule has 0 aromatic heterocycles. The van der Waals surface area contributed by atoms with Crippen molar-refractivity contribution in [2.45, 2.75) is 54.7 Å². The van der Waals surface area contributed by atoms with Crippen LogP contribution in [-0.4, -0.2) is 126 Å². The van der Waals surface area contributed by atoms with Gasteiger partial charge >= 0.3 is 5.97 Å². The highest BCUT2D eigenvalue weighted by atomic mass is 16.7. The fraction of sp³-hybridized carbons (Fsp3) is 0.632. The molecular weight excluding hydrogens is 450 g/mol. The monoisotopic (exact) mass is 477 g/mol.